The quantitative estimate of drug-likeness (QED) is 0.348. The van der Waals surface area contributed by atoms with Crippen LogP contribution in [0.25, 0.3) is 16.0 Å². The summed E-state index contributed by atoms with van der Waals surface area (Å²) in [7, 11) is -4.08. The van der Waals surface area contributed by atoms with Gasteiger partial charge in [0.15, 0.2) is 0 Å². The van der Waals surface area contributed by atoms with Gasteiger partial charge in [0, 0.05) is 5.02 Å². The van der Waals surface area contributed by atoms with Crippen molar-refractivity contribution >= 4 is 21.7 Å². The van der Waals surface area contributed by atoms with Crippen molar-refractivity contribution in [2.75, 3.05) is 0 Å². The van der Waals surface area contributed by atoms with E-state index in [0.717, 1.165) is 0 Å². The van der Waals surface area contributed by atoms with Crippen molar-refractivity contribution in [3.63, 3.8) is 0 Å². The van der Waals surface area contributed by atoms with Crippen molar-refractivity contribution in [2.24, 2.45) is 0 Å². The van der Waals surface area contributed by atoms with Crippen molar-refractivity contribution in [2.45, 2.75) is 4.90 Å². The minimum absolute atomic E-state index is 0.151. The Morgan fingerprint density at radius 3 is 1.86 bits per heavy atom. The van der Waals surface area contributed by atoms with E-state index in [0.29, 0.717) is 5.02 Å². The molecule has 0 saturated heterocycles. The molecule has 1 N–H and O–H groups in total. The Morgan fingerprint density at radius 1 is 1.21 bits per heavy atom. The van der Waals surface area contributed by atoms with Gasteiger partial charge in [0.25, 0.3) is 10.1 Å². The highest BCUT2D eigenvalue weighted by Gasteiger charge is 2.07. The summed E-state index contributed by atoms with van der Waals surface area (Å²) in [6.07, 6.45) is 0. The molecule has 1 aromatic carbocycles. The third-order valence-corrected chi connectivity index (χ3v) is 2.23. The number of nitrogens with zero attached hydrogens (tertiary/aromatic N) is 3. The van der Waals surface area contributed by atoms with Gasteiger partial charge in [-0.1, -0.05) is 11.6 Å². The molecule has 0 aliphatic heterocycles. The maximum Gasteiger partial charge on any atom is 0.294 e. The van der Waals surface area contributed by atoms with Crippen LogP contribution < -0.4 is 0 Å². The van der Waals surface area contributed by atoms with Gasteiger partial charge in [-0.3, -0.25) is 9.46 Å². The molecule has 0 aromatic heterocycles. The Kier molecular flexibility index (Phi) is 4.96. The molecule has 0 aliphatic carbocycles. The van der Waals surface area contributed by atoms with Crippen LogP contribution in [0.4, 0.5) is 0 Å². The average Bonchev–Trinajstić information content (AvgIpc) is 2.04. The smallest absolute Gasteiger partial charge is 0.294 e. The third kappa shape index (κ3) is 4.68. The molecule has 8 heteroatoms. The van der Waals surface area contributed by atoms with E-state index in [1.54, 1.807) is 0 Å². The molecular formula is C6H5ClN3O3S-. The van der Waals surface area contributed by atoms with E-state index in [2.05, 4.69) is 0 Å². The molecule has 0 heterocycles. The van der Waals surface area contributed by atoms with Gasteiger partial charge >= 0.3 is 0 Å². The topological polar surface area (TPSA) is 113 Å². The van der Waals surface area contributed by atoms with Crippen LogP contribution in [0.2, 0.25) is 5.02 Å². The van der Waals surface area contributed by atoms with E-state index in [1.807, 2.05) is 0 Å². The molecule has 0 amide bonds. The van der Waals surface area contributed by atoms with Crippen molar-refractivity contribution < 1.29 is 13.0 Å². The molecule has 0 aliphatic rings. The van der Waals surface area contributed by atoms with Crippen LogP contribution in [0, 0.1) is 0 Å². The van der Waals surface area contributed by atoms with Crippen LogP contribution in [-0.4, -0.2) is 13.0 Å². The predicted octanol–water partition coefficient (Wildman–Crippen LogP) is 2.45. The molecule has 0 atom stereocenters. The second-order valence-electron chi connectivity index (χ2n) is 2.02. The van der Waals surface area contributed by atoms with Crippen molar-refractivity contribution in [3.8, 4) is 0 Å². The summed E-state index contributed by atoms with van der Waals surface area (Å²) in [6, 6.07) is 5.25. The van der Waals surface area contributed by atoms with Crippen LogP contribution >= 0.6 is 11.6 Å². The minimum Gasteiger partial charge on any atom is -0.373 e. The molecular weight excluding hydrogens is 230 g/mol. The molecule has 0 unspecified atom stereocenters. The number of hydrogen-bond donors (Lipinski definition) is 1. The fraction of sp³-hybridized carbons (Fsp3) is 0. The largest absolute Gasteiger partial charge is 0.373 e. The molecule has 0 saturated carbocycles. The molecule has 0 fully saturated rings. The zero-order valence-electron chi connectivity index (χ0n) is 6.70. The monoisotopic (exact) mass is 234 g/mol. The van der Waals surface area contributed by atoms with E-state index < -0.39 is 10.1 Å². The molecule has 14 heavy (non-hydrogen) atoms. The van der Waals surface area contributed by atoms with Gasteiger partial charge in [-0.05, 0) is 24.3 Å². The Hall–Kier alpha value is -1.27. The standard InChI is InChI=1S/C6H5ClO3S.N3/c7-5-1-3-6(4-2-5)11(8,9)10;1-3-2/h1-4H,(H,8,9,10);/q;-1. The van der Waals surface area contributed by atoms with E-state index >= 15 is 0 Å². The van der Waals surface area contributed by atoms with Gasteiger partial charge in [-0.25, -0.2) is 0 Å². The van der Waals surface area contributed by atoms with Crippen LogP contribution in [0.3, 0.4) is 0 Å². The summed E-state index contributed by atoms with van der Waals surface area (Å²) in [6.45, 7) is 0. The maximum atomic E-state index is 10.5. The zero-order valence-corrected chi connectivity index (χ0v) is 8.27. The van der Waals surface area contributed by atoms with E-state index in [1.165, 1.54) is 29.2 Å². The van der Waals surface area contributed by atoms with Crippen LogP contribution in [0.15, 0.2) is 29.2 Å². The normalized spacial score (nSPS) is 9.57. The Bertz CT molecular complexity index is 422. The van der Waals surface area contributed by atoms with Gasteiger partial charge in [-0.15, -0.1) is 0 Å². The lowest BCUT2D eigenvalue weighted by atomic mass is 10.4. The SMILES string of the molecule is O=S(=O)(O)c1ccc(Cl)cc1.[N-]=[N+]=[N-]. The number of benzene rings is 1. The lowest BCUT2D eigenvalue weighted by Gasteiger charge is -1.94. The van der Waals surface area contributed by atoms with Gasteiger partial charge in [0.05, 0.1) is 4.90 Å². The van der Waals surface area contributed by atoms with Crippen molar-refractivity contribution in [1.82, 2.24) is 0 Å². The maximum absolute atomic E-state index is 10.5. The highest BCUT2D eigenvalue weighted by atomic mass is 35.5. The second-order valence-corrected chi connectivity index (χ2v) is 3.88. The molecule has 1 aromatic rings. The van der Waals surface area contributed by atoms with E-state index in [4.69, 9.17) is 27.2 Å². The first-order valence-corrected chi connectivity index (χ1v) is 4.95. The summed E-state index contributed by atoms with van der Waals surface area (Å²) in [5.41, 5.74) is 13.5. The van der Waals surface area contributed by atoms with Crippen LogP contribution in [-0.2, 0) is 10.1 Å². The summed E-state index contributed by atoms with van der Waals surface area (Å²) in [5, 5.41) is 0.428. The average molecular weight is 235 g/mol. The van der Waals surface area contributed by atoms with Gasteiger partial charge in [0.1, 0.15) is 0 Å². The Labute approximate surface area is 85.3 Å². The van der Waals surface area contributed by atoms with Crippen LogP contribution in [0.1, 0.15) is 0 Å². The first-order valence-electron chi connectivity index (χ1n) is 3.13. The molecule has 6 nitrogen and oxygen atoms in total. The van der Waals surface area contributed by atoms with Gasteiger partial charge in [0.2, 0.25) is 0 Å². The Morgan fingerprint density at radius 2 is 1.57 bits per heavy atom. The number of rotatable bonds is 1. The van der Waals surface area contributed by atoms with Crippen LogP contribution in [0.5, 0.6) is 0 Å². The first kappa shape index (κ1) is 12.7. The Balaban J connectivity index is 0.000000500. The summed E-state index contributed by atoms with van der Waals surface area (Å²) < 4.78 is 29.4. The fourth-order valence-electron chi connectivity index (χ4n) is 0.607. The highest BCUT2D eigenvalue weighted by Crippen LogP contribution is 2.12. The summed E-state index contributed by atoms with van der Waals surface area (Å²) >= 11 is 5.49. The van der Waals surface area contributed by atoms with Crippen molar-refractivity contribution in [3.05, 3.63) is 45.3 Å². The third-order valence-electron chi connectivity index (χ3n) is 1.11. The van der Waals surface area contributed by atoms with Crippen molar-refractivity contribution in [1.29, 1.82) is 0 Å². The lowest BCUT2D eigenvalue weighted by Crippen LogP contribution is -1.96. The fourth-order valence-corrected chi connectivity index (χ4v) is 1.21. The predicted molar refractivity (Wildman–Crippen MR) is 51.3 cm³/mol. The molecule has 0 radical (unpaired) electrons. The van der Waals surface area contributed by atoms with E-state index in [9.17, 15) is 8.42 Å². The number of hydrogen-bond acceptors (Lipinski definition) is 2. The minimum atomic E-state index is -4.08. The van der Waals surface area contributed by atoms with Gasteiger partial charge < -0.3 is 11.1 Å². The molecule has 76 valence electrons. The summed E-state index contributed by atoms with van der Waals surface area (Å²) in [5.74, 6) is 0. The first-order chi connectivity index (χ1) is 6.41. The lowest BCUT2D eigenvalue weighted by molar-refractivity contribution is 0.483. The zero-order chi connectivity index (χ0) is 11.2. The molecule has 0 spiro atoms. The molecule has 0 bridgehead atoms. The highest BCUT2D eigenvalue weighted by molar-refractivity contribution is 7.85. The molecule has 1 rings (SSSR count). The second kappa shape index (κ2) is 5.46. The van der Waals surface area contributed by atoms with E-state index in [-0.39, 0.29) is 4.90 Å². The summed E-state index contributed by atoms with van der Waals surface area (Å²) in [4.78, 5) is 1.35. The van der Waals surface area contributed by atoms with Gasteiger partial charge in [-0.2, -0.15) is 8.42 Å². The number of halogens is 1.